The molecule has 1 heterocycles. The Balaban J connectivity index is 1.67. The lowest BCUT2D eigenvalue weighted by Gasteiger charge is -2.32. The summed E-state index contributed by atoms with van der Waals surface area (Å²) >= 11 is 0. The van der Waals surface area contributed by atoms with E-state index in [9.17, 15) is 26.4 Å². The summed E-state index contributed by atoms with van der Waals surface area (Å²) in [4.78, 5) is 12.7. The first-order valence-corrected chi connectivity index (χ1v) is 11.0. The van der Waals surface area contributed by atoms with Gasteiger partial charge in [-0.15, -0.1) is 0 Å². The lowest BCUT2D eigenvalue weighted by atomic mass is 10.0. The van der Waals surface area contributed by atoms with Crippen LogP contribution in [0.15, 0.2) is 47.4 Å². The first-order chi connectivity index (χ1) is 14.0. The zero-order valence-corrected chi connectivity index (χ0v) is 17.5. The Kier molecular flexibility index (Phi) is 6.24. The molecule has 162 valence electrons. The summed E-state index contributed by atoms with van der Waals surface area (Å²) in [7, 11) is -3.67. The number of nitrogens with one attached hydrogen (secondary N) is 1. The molecule has 5 nitrogen and oxygen atoms in total. The zero-order chi connectivity index (χ0) is 22.1. The van der Waals surface area contributed by atoms with E-state index in [1.165, 1.54) is 16.4 Å². The SMILES string of the molecule is Cc1ccc(S(=O)(=O)N2CCC(NC(=O)c3ccccc3C(F)(F)F)CC2)c(C)c1. The Bertz CT molecular complexity index is 1040. The Morgan fingerprint density at radius 1 is 1.07 bits per heavy atom. The number of benzene rings is 2. The second kappa shape index (κ2) is 8.39. The van der Waals surface area contributed by atoms with Gasteiger partial charge in [-0.2, -0.15) is 17.5 Å². The highest BCUT2D eigenvalue weighted by Gasteiger charge is 2.36. The Morgan fingerprint density at radius 2 is 1.70 bits per heavy atom. The van der Waals surface area contributed by atoms with E-state index in [4.69, 9.17) is 0 Å². The van der Waals surface area contributed by atoms with Crippen LogP contribution >= 0.6 is 0 Å². The van der Waals surface area contributed by atoms with Crippen molar-refractivity contribution in [3.63, 3.8) is 0 Å². The van der Waals surface area contributed by atoms with Gasteiger partial charge in [-0.1, -0.05) is 29.8 Å². The van der Waals surface area contributed by atoms with Crippen molar-refractivity contribution in [1.29, 1.82) is 0 Å². The van der Waals surface area contributed by atoms with E-state index < -0.39 is 39.3 Å². The maximum atomic E-state index is 13.1. The van der Waals surface area contributed by atoms with Gasteiger partial charge in [-0.3, -0.25) is 4.79 Å². The fraction of sp³-hybridized carbons (Fsp3) is 0.381. The summed E-state index contributed by atoms with van der Waals surface area (Å²) in [5.74, 6) is -0.807. The van der Waals surface area contributed by atoms with E-state index in [-0.39, 0.29) is 18.0 Å². The molecule has 1 fully saturated rings. The number of sulfonamides is 1. The molecule has 0 bridgehead atoms. The van der Waals surface area contributed by atoms with Crippen LogP contribution in [0, 0.1) is 13.8 Å². The number of aryl methyl sites for hydroxylation is 2. The highest BCUT2D eigenvalue weighted by atomic mass is 32.2. The first-order valence-electron chi connectivity index (χ1n) is 9.54. The van der Waals surface area contributed by atoms with Crippen molar-refractivity contribution in [1.82, 2.24) is 9.62 Å². The van der Waals surface area contributed by atoms with Gasteiger partial charge in [-0.05, 0) is 50.5 Å². The fourth-order valence-electron chi connectivity index (χ4n) is 3.66. The molecule has 2 aromatic rings. The molecule has 1 aliphatic rings. The lowest BCUT2D eigenvalue weighted by molar-refractivity contribution is -0.137. The minimum Gasteiger partial charge on any atom is -0.349 e. The van der Waals surface area contributed by atoms with Crippen LogP contribution < -0.4 is 5.32 Å². The molecular formula is C21H23F3N2O3S. The summed E-state index contributed by atoms with van der Waals surface area (Å²) in [6.45, 7) is 3.99. The van der Waals surface area contributed by atoms with E-state index in [0.29, 0.717) is 18.4 Å². The van der Waals surface area contributed by atoms with Crippen LogP contribution in [0.4, 0.5) is 13.2 Å². The normalized spacial score (nSPS) is 16.4. The van der Waals surface area contributed by atoms with Crippen molar-refractivity contribution in [2.45, 2.75) is 43.8 Å². The van der Waals surface area contributed by atoms with Crippen LogP contribution in [0.25, 0.3) is 0 Å². The highest BCUT2D eigenvalue weighted by molar-refractivity contribution is 7.89. The molecule has 2 aromatic carbocycles. The maximum absolute atomic E-state index is 13.1. The van der Waals surface area contributed by atoms with E-state index in [2.05, 4.69) is 5.32 Å². The molecule has 1 saturated heterocycles. The molecule has 9 heteroatoms. The molecule has 0 atom stereocenters. The minimum absolute atomic E-state index is 0.182. The first kappa shape index (κ1) is 22.3. The second-order valence-electron chi connectivity index (χ2n) is 7.46. The molecule has 3 rings (SSSR count). The smallest absolute Gasteiger partial charge is 0.349 e. The van der Waals surface area contributed by atoms with Gasteiger partial charge >= 0.3 is 6.18 Å². The van der Waals surface area contributed by atoms with Gasteiger partial charge in [-0.25, -0.2) is 8.42 Å². The number of hydrogen-bond acceptors (Lipinski definition) is 3. The number of carbonyl (C=O) groups excluding carboxylic acids is 1. The summed E-state index contributed by atoms with van der Waals surface area (Å²) in [6, 6.07) is 9.35. The third-order valence-electron chi connectivity index (χ3n) is 5.21. The average Bonchev–Trinajstić information content (AvgIpc) is 2.67. The predicted molar refractivity (Wildman–Crippen MR) is 107 cm³/mol. The van der Waals surface area contributed by atoms with Crippen LogP contribution in [0.1, 0.15) is 39.9 Å². The predicted octanol–water partition coefficient (Wildman–Crippen LogP) is 3.91. The number of hydrogen-bond donors (Lipinski definition) is 1. The summed E-state index contributed by atoms with van der Waals surface area (Å²) in [5, 5.41) is 2.62. The van der Waals surface area contributed by atoms with E-state index in [1.54, 1.807) is 25.1 Å². The van der Waals surface area contributed by atoms with Crippen LogP contribution in [0.5, 0.6) is 0 Å². The van der Waals surface area contributed by atoms with Crippen molar-refractivity contribution in [3.05, 3.63) is 64.7 Å². The molecule has 30 heavy (non-hydrogen) atoms. The molecule has 0 unspecified atom stereocenters. The maximum Gasteiger partial charge on any atom is 0.417 e. The van der Waals surface area contributed by atoms with Crippen LogP contribution in [0.3, 0.4) is 0 Å². The number of amides is 1. The van der Waals surface area contributed by atoms with Crippen molar-refractivity contribution in [3.8, 4) is 0 Å². The average molecular weight is 440 g/mol. The van der Waals surface area contributed by atoms with Crippen LogP contribution in [-0.2, 0) is 16.2 Å². The molecule has 0 aliphatic carbocycles. The monoisotopic (exact) mass is 440 g/mol. The van der Waals surface area contributed by atoms with Gasteiger partial charge in [0.1, 0.15) is 0 Å². The Morgan fingerprint density at radius 3 is 2.30 bits per heavy atom. The minimum atomic E-state index is -4.63. The van der Waals surface area contributed by atoms with Gasteiger partial charge in [0.05, 0.1) is 16.0 Å². The number of carbonyl (C=O) groups is 1. The van der Waals surface area contributed by atoms with Crippen molar-refractivity contribution >= 4 is 15.9 Å². The molecule has 1 N–H and O–H groups in total. The number of piperidine rings is 1. The number of rotatable bonds is 4. The van der Waals surface area contributed by atoms with Crippen LogP contribution in [-0.4, -0.2) is 37.8 Å². The summed E-state index contributed by atoms with van der Waals surface area (Å²) < 4.78 is 66.6. The van der Waals surface area contributed by atoms with Crippen molar-refractivity contribution < 1.29 is 26.4 Å². The highest BCUT2D eigenvalue weighted by Crippen LogP contribution is 2.32. The number of nitrogens with zero attached hydrogens (tertiary/aromatic N) is 1. The van der Waals surface area contributed by atoms with Gasteiger partial charge in [0.2, 0.25) is 10.0 Å². The lowest BCUT2D eigenvalue weighted by Crippen LogP contribution is -2.46. The summed E-state index contributed by atoms with van der Waals surface area (Å²) in [5.41, 5.74) is 0.203. The molecule has 0 aromatic heterocycles. The Labute approximate surface area is 173 Å². The van der Waals surface area contributed by atoms with E-state index in [1.807, 2.05) is 6.92 Å². The topological polar surface area (TPSA) is 66.5 Å². The molecular weight excluding hydrogens is 417 g/mol. The fourth-order valence-corrected chi connectivity index (χ4v) is 5.34. The van der Waals surface area contributed by atoms with Gasteiger partial charge in [0, 0.05) is 19.1 Å². The largest absolute Gasteiger partial charge is 0.417 e. The molecule has 0 spiro atoms. The van der Waals surface area contributed by atoms with Crippen molar-refractivity contribution in [2.24, 2.45) is 0 Å². The Hall–Kier alpha value is -2.39. The number of halogens is 3. The van der Waals surface area contributed by atoms with Gasteiger partial charge in [0.25, 0.3) is 5.91 Å². The van der Waals surface area contributed by atoms with Crippen molar-refractivity contribution in [2.75, 3.05) is 13.1 Å². The summed E-state index contributed by atoms with van der Waals surface area (Å²) in [6.07, 6.45) is -3.98. The molecule has 0 saturated carbocycles. The van der Waals surface area contributed by atoms with Gasteiger partial charge < -0.3 is 5.32 Å². The molecule has 1 amide bonds. The number of alkyl halides is 3. The van der Waals surface area contributed by atoms with Crippen LogP contribution in [0.2, 0.25) is 0 Å². The third kappa shape index (κ3) is 4.67. The zero-order valence-electron chi connectivity index (χ0n) is 16.7. The van der Waals surface area contributed by atoms with E-state index in [0.717, 1.165) is 17.7 Å². The van der Waals surface area contributed by atoms with Gasteiger partial charge in [0.15, 0.2) is 0 Å². The molecule has 0 radical (unpaired) electrons. The standard InChI is InChI=1S/C21H23F3N2O3S/c1-14-7-8-19(15(2)13-14)30(28,29)26-11-9-16(10-12-26)25-20(27)17-5-3-4-6-18(17)21(22,23)24/h3-8,13,16H,9-12H2,1-2H3,(H,25,27). The molecule has 1 aliphatic heterocycles. The quantitative estimate of drug-likeness (QED) is 0.784. The second-order valence-corrected chi connectivity index (χ2v) is 9.37. The van der Waals surface area contributed by atoms with E-state index >= 15 is 0 Å². The third-order valence-corrected chi connectivity index (χ3v) is 7.27.